The first-order chi connectivity index (χ1) is 9.04. The Kier molecular flexibility index (Phi) is 4.97. The molecule has 0 saturated heterocycles. The van der Waals surface area contributed by atoms with E-state index in [2.05, 4.69) is 0 Å². The average molecular weight is 317 g/mol. The van der Waals surface area contributed by atoms with E-state index in [9.17, 15) is 8.60 Å². The first-order valence-corrected chi connectivity index (χ1v) is 7.82. The third-order valence-corrected chi connectivity index (χ3v) is 4.46. The third kappa shape index (κ3) is 4.30. The normalized spacial score (nSPS) is 12.4. The van der Waals surface area contributed by atoms with E-state index in [4.69, 9.17) is 23.2 Å². The van der Waals surface area contributed by atoms with Gasteiger partial charge in [-0.3, -0.25) is 4.21 Å². The Bertz CT molecular complexity index is 599. The van der Waals surface area contributed by atoms with Gasteiger partial charge in [-0.25, -0.2) is 4.39 Å². The molecule has 0 aromatic heterocycles. The summed E-state index contributed by atoms with van der Waals surface area (Å²) in [6.07, 6.45) is 0. The molecule has 0 aliphatic carbocycles. The van der Waals surface area contributed by atoms with E-state index in [0.29, 0.717) is 27.1 Å². The second-order valence-electron chi connectivity index (χ2n) is 4.09. The first-order valence-electron chi connectivity index (χ1n) is 5.58. The summed E-state index contributed by atoms with van der Waals surface area (Å²) in [7, 11) is -1.10. The van der Waals surface area contributed by atoms with Crippen molar-refractivity contribution >= 4 is 34.0 Å². The van der Waals surface area contributed by atoms with Crippen molar-refractivity contribution in [2.75, 3.05) is 0 Å². The molecule has 0 spiro atoms. The number of benzene rings is 2. The minimum Gasteiger partial charge on any atom is -0.259 e. The zero-order chi connectivity index (χ0) is 13.8. The summed E-state index contributed by atoms with van der Waals surface area (Å²) < 4.78 is 24.9. The van der Waals surface area contributed by atoms with Crippen LogP contribution in [0.25, 0.3) is 0 Å². The molecule has 0 aliphatic rings. The maximum absolute atomic E-state index is 12.9. The quantitative estimate of drug-likeness (QED) is 0.806. The van der Waals surface area contributed by atoms with Crippen LogP contribution in [0.5, 0.6) is 0 Å². The first kappa shape index (κ1) is 14.5. The second-order valence-corrected chi connectivity index (χ2v) is 6.39. The summed E-state index contributed by atoms with van der Waals surface area (Å²) in [6, 6.07) is 11.3. The van der Waals surface area contributed by atoms with Gasteiger partial charge in [-0.05, 0) is 35.4 Å². The molecular weight excluding hydrogens is 306 g/mol. The molecule has 0 N–H and O–H groups in total. The van der Waals surface area contributed by atoms with Crippen LogP contribution in [-0.2, 0) is 22.3 Å². The minimum atomic E-state index is -1.10. The van der Waals surface area contributed by atoms with Crippen LogP contribution in [0.3, 0.4) is 0 Å². The molecular formula is C14H11Cl2FOS. The Labute approximate surface area is 123 Å². The van der Waals surface area contributed by atoms with Gasteiger partial charge in [-0.15, -0.1) is 0 Å². The van der Waals surface area contributed by atoms with Gasteiger partial charge in [-0.1, -0.05) is 41.4 Å². The van der Waals surface area contributed by atoms with Crippen molar-refractivity contribution in [1.82, 2.24) is 0 Å². The molecule has 0 amide bonds. The van der Waals surface area contributed by atoms with Crippen molar-refractivity contribution in [3.05, 3.63) is 69.5 Å². The predicted octanol–water partition coefficient (Wildman–Crippen LogP) is 4.58. The highest BCUT2D eigenvalue weighted by Gasteiger charge is 2.07. The lowest BCUT2D eigenvalue weighted by atomic mass is 10.2. The summed E-state index contributed by atoms with van der Waals surface area (Å²) in [4.78, 5) is 0. The van der Waals surface area contributed by atoms with Crippen LogP contribution in [0, 0.1) is 5.82 Å². The molecule has 1 nitrogen and oxygen atoms in total. The Morgan fingerprint density at radius 2 is 1.68 bits per heavy atom. The largest absolute Gasteiger partial charge is 0.259 e. The third-order valence-electron chi connectivity index (χ3n) is 2.57. The number of hydrogen-bond acceptors (Lipinski definition) is 1. The lowest BCUT2D eigenvalue weighted by molar-refractivity contribution is 0.627. The summed E-state index contributed by atoms with van der Waals surface area (Å²) in [5, 5.41) is 0.959. The topological polar surface area (TPSA) is 17.1 Å². The molecule has 2 rings (SSSR count). The molecule has 0 radical (unpaired) electrons. The van der Waals surface area contributed by atoms with Crippen molar-refractivity contribution < 1.29 is 8.60 Å². The van der Waals surface area contributed by atoms with E-state index in [1.807, 2.05) is 12.1 Å². The summed E-state index contributed by atoms with van der Waals surface area (Å²) >= 11 is 11.7. The summed E-state index contributed by atoms with van der Waals surface area (Å²) in [5.41, 5.74) is 1.64. The van der Waals surface area contributed by atoms with E-state index >= 15 is 0 Å². The smallest absolute Gasteiger partial charge is 0.124 e. The van der Waals surface area contributed by atoms with Gasteiger partial charge in [0, 0.05) is 26.6 Å². The highest BCUT2D eigenvalue weighted by Crippen LogP contribution is 2.20. The van der Waals surface area contributed by atoms with Crippen LogP contribution in [0.2, 0.25) is 10.0 Å². The lowest BCUT2D eigenvalue weighted by Gasteiger charge is -2.05. The molecule has 19 heavy (non-hydrogen) atoms. The van der Waals surface area contributed by atoms with Crippen molar-refractivity contribution in [2.24, 2.45) is 0 Å². The van der Waals surface area contributed by atoms with Gasteiger partial charge >= 0.3 is 0 Å². The highest BCUT2D eigenvalue weighted by atomic mass is 35.5. The number of rotatable bonds is 4. The Morgan fingerprint density at radius 1 is 1.00 bits per heavy atom. The molecule has 2 aromatic carbocycles. The van der Waals surface area contributed by atoms with E-state index in [1.54, 1.807) is 18.2 Å². The van der Waals surface area contributed by atoms with Crippen molar-refractivity contribution in [3.8, 4) is 0 Å². The standard InChI is InChI=1S/C14H11Cl2FOS/c15-12-4-1-10(2-5-12)8-19(18)9-11-3-6-13(17)7-14(11)16/h1-7H,8-9H2. The summed E-state index contributed by atoms with van der Waals surface area (Å²) in [5.74, 6) is 0.337. The Balaban J connectivity index is 2.03. The van der Waals surface area contributed by atoms with Crippen molar-refractivity contribution in [3.63, 3.8) is 0 Å². The Morgan fingerprint density at radius 3 is 2.32 bits per heavy atom. The zero-order valence-corrected chi connectivity index (χ0v) is 12.2. The molecule has 0 heterocycles. The number of halogens is 3. The Hall–Kier alpha value is -0.900. The van der Waals surface area contributed by atoms with Crippen molar-refractivity contribution in [2.45, 2.75) is 11.5 Å². The minimum absolute atomic E-state index is 0.307. The molecule has 0 aliphatic heterocycles. The van der Waals surface area contributed by atoms with E-state index in [0.717, 1.165) is 5.56 Å². The zero-order valence-electron chi connectivity index (χ0n) is 9.91. The molecule has 2 aromatic rings. The fourth-order valence-corrected chi connectivity index (χ4v) is 3.33. The van der Waals surface area contributed by atoms with Crippen LogP contribution in [0.1, 0.15) is 11.1 Å². The molecule has 0 saturated carbocycles. The lowest BCUT2D eigenvalue weighted by Crippen LogP contribution is -2.00. The van der Waals surface area contributed by atoms with E-state index in [-0.39, 0.29) is 0 Å². The second kappa shape index (κ2) is 6.51. The van der Waals surface area contributed by atoms with E-state index in [1.165, 1.54) is 12.1 Å². The average Bonchev–Trinajstić information content (AvgIpc) is 2.36. The SMILES string of the molecule is O=S(Cc1ccc(Cl)cc1)Cc1ccc(F)cc1Cl. The van der Waals surface area contributed by atoms with Gasteiger partial charge in [0.15, 0.2) is 0 Å². The van der Waals surface area contributed by atoms with Gasteiger partial charge in [0.25, 0.3) is 0 Å². The monoisotopic (exact) mass is 316 g/mol. The van der Waals surface area contributed by atoms with Gasteiger partial charge < -0.3 is 0 Å². The van der Waals surface area contributed by atoms with Crippen LogP contribution in [0.15, 0.2) is 42.5 Å². The number of hydrogen-bond donors (Lipinski definition) is 0. The molecule has 5 heteroatoms. The van der Waals surface area contributed by atoms with E-state index < -0.39 is 16.6 Å². The van der Waals surface area contributed by atoms with Gasteiger partial charge in [0.1, 0.15) is 5.82 Å². The van der Waals surface area contributed by atoms with Crippen LogP contribution in [0.4, 0.5) is 4.39 Å². The summed E-state index contributed by atoms with van der Waals surface area (Å²) in [6.45, 7) is 0. The molecule has 100 valence electrons. The van der Waals surface area contributed by atoms with Gasteiger partial charge in [0.05, 0.1) is 5.75 Å². The highest BCUT2D eigenvalue weighted by molar-refractivity contribution is 7.83. The van der Waals surface area contributed by atoms with Crippen LogP contribution < -0.4 is 0 Å². The van der Waals surface area contributed by atoms with Gasteiger partial charge in [0.2, 0.25) is 0 Å². The molecule has 1 unspecified atom stereocenters. The molecule has 0 fully saturated rings. The molecule has 0 bridgehead atoms. The maximum atomic E-state index is 12.9. The van der Waals surface area contributed by atoms with Crippen LogP contribution in [-0.4, -0.2) is 4.21 Å². The van der Waals surface area contributed by atoms with Crippen molar-refractivity contribution in [1.29, 1.82) is 0 Å². The predicted molar refractivity (Wildman–Crippen MR) is 78.4 cm³/mol. The van der Waals surface area contributed by atoms with Crippen LogP contribution >= 0.6 is 23.2 Å². The maximum Gasteiger partial charge on any atom is 0.124 e. The fraction of sp³-hybridized carbons (Fsp3) is 0.143. The molecule has 1 atom stereocenters. The van der Waals surface area contributed by atoms with Gasteiger partial charge in [-0.2, -0.15) is 0 Å². The fourth-order valence-electron chi connectivity index (χ4n) is 1.63.